The fourth-order valence-electron chi connectivity index (χ4n) is 1.03. The molecule has 0 fully saturated rings. The molecule has 90 valence electrons. The Morgan fingerprint density at radius 1 is 1.00 bits per heavy atom. The third-order valence-electron chi connectivity index (χ3n) is 1.66. The van der Waals surface area contributed by atoms with Crippen LogP contribution in [0.25, 0.3) is 0 Å². The summed E-state index contributed by atoms with van der Waals surface area (Å²) < 4.78 is 73.1. The van der Waals surface area contributed by atoms with Crippen LogP contribution in [0, 0.1) is 6.92 Å². The normalized spacial score (nSPS) is 12.7. The number of hydrogen-bond donors (Lipinski definition) is 0. The number of anilines is 1. The number of rotatable bonds is 1. The summed E-state index contributed by atoms with van der Waals surface area (Å²) in [5, 5.41) is 0. The number of halogens is 6. The maximum Gasteiger partial charge on any atom is 0.491 e. The van der Waals surface area contributed by atoms with E-state index in [1.807, 2.05) is 0 Å². The van der Waals surface area contributed by atoms with Gasteiger partial charge in [0, 0.05) is 5.69 Å². The Morgan fingerprint density at radius 2 is 1.50 bits per heavy atom. The smallest absolute Gasteiger partial charge is 0.259 e. The van der Waals surface area contributed by atoms with Crippen LogP contribution in [-0.4, -0.2) is 17.6 Å². The number of nitrogens with zero attached hydrogens (tertiary/aromatic N) is 2. The van der Waals surface area contributed by atoms with E-state index in [0.29, 0.717) is 18.0 Å². The quantitative estimate of drug-likeness (QED) is 0.557. The molecular formula is C8H6F6N2. The summed E-state index contributed by atoms with van der Waals surface area (Å²) >= 11 is 0. The van der Waals surface area contributed by atoms with Crippen LogP contribution in [0.5, 0.6) is 0 Å². The molecule has 16 heavy (non-hydrogen) atoms. The van der Waals surface area contributed by atoms with Gasteiger partial charge in [0.15, 0.2) is 0 Å². The molecule has 0 spiro atoms. The van der Waals surface area contributed by atoms with Crippen molar-refractivity contribution in [1.82, 2.24) is 4.98 Å². The molecule has 0 aliphatic carbocycles. The van der Waals surface area contributed by atoms with Gasteiger partial charge in [0.05, 0.1) is 11.9 Å². The summed E-state index contributed by atoms with van der Waals surface area (Å²) in [5.41, 5.74) is -0.737. The van der Waals surface area contributed by atoms with Crippen molar-refractivity contribution in [3.05, 3.63) is 24.0 Å². The first-order chi connectivity index (χ1) is 7.12. The predicted octanol–water partition coefficient (Wildman–Crippen LogP) is 3.24. The molecule has 1 aromatic rings. The van der Waals surface area contributed by atoms with E-state index in [-0.39, 0.29) is 0 Å². The minimum absolute atomic E-state index is 0.327. The lowest BCUT2D eigenvalue weighted by Crippen LogP contribution is -2.48. The van der Waals surface area contributed by atoms with Crippen LogP contribution in [0.15, 0.2) is 18.3 Å². The average Bonchev–Trinajstić information content (AvgIpc) is 2.03. The number of aromatic nitrogens is 1. The lowest BCUT2D eigenvalue weighted by atomic mass is 10.3. The van der Waals surface area contributed by atoms with Gasteiger partial charge in [-0.3, -0.25) is 4.98 Å². The van der Waals surface area contributed by atoms with Gasteiger partial charge in [-0.15, -0.1) is 26.3 Å². The molecule has 0 atom stereocenters. The molecule has 0 N–H and O–H groups in total. The van der Waals surface area contributed by atoms with E-state index in [1.54, 1.807) is 0 Å². The average molecular weight is 244 g/mol. The monoisotopic (exact) mass is 244 g/mol. The Balaban J connectivity index is 3.18. The molecule has 0 saturated carbocycles. The van der Waals surface area contributed by atoms with Gasteiger partial charge in [-0.25, -0.2) is 0 Å². The summed E-state index contributed by atoms with van der Waals surface area (Å²) in [6, 6.07) is 1.78. The van der Waals surface area contributed by atoms with Crippen LogP contribution in [0.4, 0.5) is 32.0 Å². The van der Waals surface area contributed by atoms with Crippen molar-refractivity contribution in [3.8, 4) is 0 Å². The lowest BCUT2D eigenvalue weighted by Gasteiger charge is -2.28. The van der Waals surface area contributed by atoms with Crippen molar-refractivity contribution in [1.29, 1.82) is 0 Å². The zero-order valence-corrected chi connectivity index (χ0v) is 7.89. The molecule has 0 unspecified atom stereocenters. The van der Waals surface area contributed by atoms with Gasteiger partial charge in [0.25, 0.3) is 0 Å². The second-order valence-electron chi connectivity index (χ2n) is 2.93. The van der Waals surface area contributed by atoms with Crippen LogP contribution in [0.2, 0.25) is 0 Å². The highest BCUT2D eigenvalue weighted by Crippen LogP contribution is 2.37. The Kier molecular flexibility index (Phi) is 3.02. The van der Waals surface area contributed by atoms with E-state index >= 15 is 0 Å². The van der Waals surface area contributed by atoms with Crippen LogP contribution in [0.1, 0.15) is 5.69 Å². The molecule has 0 amide bonds. The van der Waals surface area contributed by atoms with Gasteiger partial charge < -0.3 is 0 Å². The van der Waals surface area contributed by atoms with Gasteiger partial charge in [0.1, 0.15) is 0 Å². The molecule has 1 aromatic heterocycles. The third-order valence-corrected chi connectivity index (χ3v) is 1.66. The van der Waals surface area contributed by atoms with Crippen molar-refractivity contribution in [2.75, 3.05) is 4.90 Å². The highest BCUT2D eigenvalue weighted by Gasteiger charge is 2.54. The molecule has 1 heterocycles. The van der Waals surface area contributed by atoms with Gasteiger partial charge >= 0.3 is 12.6 Å². The number of aryl methyl sites for hydroxylation is 1. The third kappa shape index (κ3) is 2.77. The van der Waals surface area contributed by atoms with Gasteiger partial charge in [0.2, 0.25) is 0 Å². The Morgan fingerprint density at radius 3 is 1.81 bits per heavy atom. The number of pyridine rings is 1. The van der Waals surface area contributed by atoms with Crippen molar-refractivity contribution in [3.63, 3.8) is 0 Å². The van der Waals surface area contributed by atoms with E-state index in [0.717, 1.165) is 6.07 Å². The molecule has 0 radical (unpaired) electrons. The van der Waals surface area contributed by atoms with Crippen LogP contribution in [0.3, 0.4) is 0 Å². The molecule has 0 saturated heterocycles. The molecule has 0 aliphatic rings. The van der Waals surface area contributed by atoms with Crippen molar-refractivity contribution in [2.45, 2.75) is 19.5 Å². The van der Waals surface area contributed by atoms with Crippen LogP contribution < -0.4 is 4.90 Å². The molecule has 0 aliphatic heterocycles. The number of alkyl halides is 6. The molecule has 0 bridgehead atoms. The summed E-state index contributed by atoms with van der Waals surface area (Å²) in [5.74, 6) is 0. The minimum Gasteiger partial charge on any atom is -0.259 e. The Bertz CT molecular complexity index is 338. The summed E-state index contributed by atoms with van der Waals surface area (Å²) in [7, 11) is 0. The first kappa shape index (κ1) is 12.6. The highest BCUT2D eigenvalue weighted by atomic mass is 19.4. The molecule has 1 rings (SSSR count). The van der Waals surface area contributed by atoms with Gasteiger partial charge in [-0.2, -0.15) is 4.90 Å². The molecule has 2 nitrogen and oxygen atoms in total. The fraction of sp³-hybridized carbons (Fsp3) is 0.375. The highest BCUT2D eigenvalue weighted by molar-refractivity contribution is 5.46. The second-order valence-corrected chi connectivity index (χ2v) is 2.93. The van der Waals surface area contributed by atoms with E-state index in [4.69, 9.17) is 0 Å². The van der Waals surface area contributed by atoms with E-state index in [2.05, 4.69) is 4.98 Å². The van der Waals surface area contributed by atoms with Crippen LogP contribution in [-0.2, 0) is 0 Å². The first-order valence-electron chi connectivity index (χ1n) is 3.99. The topological polar surface area (TPSA) is 16.1 Å². The van der Waals surface area contributed by atoms with Gasteiger partial charge in [-0.1, -0.05) is 0 Å². The maximum atomic E-state index is 12.2. The van der Waals surface area contributed by atoms with Crippen molar-refractivity contribution >= 4 is 5.69 Å². The number of hydrogen-bond acceptors (Lipinski definition) is 2. The van der Waals surface area contributed by atoms with Gasteiger partial charge in [-0.05, 0) is 19.1 Å². The molecule has 8 heteroatoms. The Hall–Kier alpha value is -1.47. The molecular weight excluding hydrogens is 238 g/mol. The predicted molar refractivity (Wildman–Crippen MR) is 43.6 cm³/mol. The maximum absolute atomic E-state index is 12.2. The summed E-state index contributed by atoms with van der Waals surface area (Å²) in [6.07, 6.45) is -10.5. The largest absolute Gasteiger partial charge is 0.491 e. The zero-order valence-electron chi connectivity index (χ0n) is 7.89. The van der Waals surface area contributed by atoms with E-state index in [1.165, 1.54) is 6.92 Å². The van der Waals surface area contributed by atoms with Crippen molar-refractivity contribution in [2.24, 2.45) is 0 Å². The SMILES string of the molecule is Cc1ccc(N(C(F)(F)F)C(F)(F)F)cn1. The van der Waals surface area contributed by atoms with Crippen LogP contribution >= 0.6 is 0 Å². The second kappa shape index (κ2) is 3.84. The van der Waals surface area contributed by atoms with E-state index < -0.39 is 23.2 Å². The standard InChI is InChI=1S/C8H6F6N2/c1-5-2-3-6(4-15-5)16(7(9,10)11)8(12,13)14/h2-4H,1H3. The lowest BCUT2D eigenvalue weighted by molar-refractivity contribution is -0.226. The fourth-order valence-corrected chi connectivity index (χ4v) is 1.03. The first-order valence-corrected chi connectivity index (χ1v) is 3.99. The van der Waals surface area contributed by atoms with E-state index in [9.17, 15) is 26.3 Å². The summed E-state index contributed by atoms with van der Waals surface area (Å²) in [4.78, 5) is 1.79. The minimum atomic E-state index is -5.53. The molecule has 0 aromatic carbocycles. The summed E-state index contributed by atoms with van der Waals surface area (Å²) in [6.45, 7) is 1.45. The Labute approximate surface area is 86.5 Å². The zero-order chi connectivity index (χ0) is 12.6. The van der Waals surface area contributed by atoms with Crippen molar-refractivity contribution < 1.29 is 26.3 Å².